The van der Waals surface area contributed by atoms with Gasteiger partial charge >= 0.3 is 0 Å². The molecule has 0 radical (unpaired) electrons. The third-order valence-corrected chi connectivity index (χ3v) is 4.15. The van der Waals surface area contributed by atoms with Crippen molar-refractivity contribution in [3.8, 4) is 5.75 Å². The van der Waals surface area contributed by atoms with Gasteiger partial charge in [-0.3, -0.25) is 9.78 Å². The minimum atomic E-state index is -0.108. The minimum absolute atomic E-state index is 0.108. The van der Waals surface area contributed by atoms with E-state index in [9.17, 15) is 4.79 Å². The number of benzene rings is 1. The van der Waals surface area contributed by atoms with Crippen LogP contribution in [-0.2, 0) is 0 Å². The summed E-state index contributed by atoms with van der Waals surface area (Å²) in [6.07, 6.45) is 1.60. The molecule has 120 valence electrons. The molecular formula is C18H21N3O2. The average Bonchev–Trinajstić information content (AvgIpc) is 2.60. The number of methoxy groups -OCH3 is 1. The number of hydrogen-bond donors (Lipinski definition) is 1. The Morgan fingerprint density at radius 2 is 2.13 bits per heavy atom. The zero-order chi connectivity index (χ0) is 16.4. The second-order valence-corrected chi connectivity index (χ2v) is 6.01. The highest BCUT2D eigenvalue weighted by molar-refractivity contribution is 6.07. The minimum Gasteiger partial charge on any atom is -0.497 e. The standard InChI is InChI=1S/C18H21N3O2/c1-12(2)16-11-21(17-7-5-4-6-14(17)20-16)18(22)15-10-13(23-3)8-9-19-15/h4-10,12,16,20H,11H2,1-3H3. The van der Waals surface area contributed by atoms with Crippen molar-refractivity contribution in [2.75, 3.05) is 23.9 Å². The Kier molecular flexibility index (Phi) is 4.19. The fourth-order valence-electron chi connectivity index (χ4n) is 2.73. The highest BCUT2D eigenvalue weighted by atomic mass is 16.5. The van der Waals surface area contributed by atoms with E-state index in [1.165, 1.54) is 0 Å². The van der Waals surface area contributed by atoms with Crippen molar-refractivity contribution in [3.63, 3.8) is 0 Å². The predicted molar refractivity (Wildman–Crippen MR) is 91.2 cm³/mol. The van der Waals surface area contributed by atoms with Crippen molar-refractivity contribution in [3.05, 3.63) is 48.3 Å². The molecule has 1 aromatic heterocycles. The van der Waals surface area contributed by atoms with Crippen LogP contribution in [0.1, 0.15) is 24.3 Å². The second-order valence-electron chi connectivity index (χ2n) is 6.01. The molecule has 1 N–H and O–H groups in total. The molecule has 1 unspecified atom stereocenters. The van der Waals surface area contributed by atoms with Crippen LogP contribution < -0.4 is 15.0 Å². The van der Waals surface area contributed by atoms with Crippen LogP contribution >= 0.6 is 0 Å². The first-order valence-electron chi connectivity index (χ1n) is 7.77. The zero-order valence-electron chi connectivity index (χ0n) is 13.6. The number of carbonyl (C=O) groups is 1. The third-order valence-electron chi connectivity index (χ3n) is 4.15. The van der Waals surface area contributed by atoms with Crippen molar-refractivity contribution in [1.82, 2.24) is 4.98 Å². The van der Waals surface area contributed by atoms with Crippen LogP contribution in [0.4, 0.5) is 11.4 Å². The monoisotopic (exact) mass is 311 g/mol. The lowest BCUT2D eigenvalue weighted by molar-refractivity contribution is 0.0978. The van der Waals surface area contributed by atoms with Gasteiger partial charge in [0.2, 0.25) is 0 Å². The number of rotatable bonds is 3. The van der Waals surface area contributed by atoms with E-state index < -0.39 is 0 Å². The zero-order valence-corrected chi connectivity index (χ0v) is 13.6. The lowest BCUT2D eigenvalue weighted by atomic mass is 9.99. The maximum atomic E-state index is 13.0. The smallest absolute Gasteiger partial charge is 0.277 e. The molecule has 0 saturated carbocycles. The maximum Gasteiger partial charge on any atom is 0.277 e. The number of nitrogens with one attached hydrogen (secondary N) is 1. The molecule has 1 atom stereocenters. The Balaban J connectivity index is 1.98. The Hall–Kier alpha value is -2.56. The quantitative estimate of drug-likeness (QED) is 0.946. The fourth-order valence-corrected chi connectivity index (χ4v) is 2.73. The number of carbonyl (C=O) groups excluding carboxylic acids is 1. The molecule has 0 aliphatic carbocycles. The highest BCUT2D eigenvalue weighted by Crippen LogP contribution is 2.33. The topological polar surface area (TPSA) is 54.5 Å². The van der Waals surface area contributed by atoms with Crippen LogP contribution in [0.5, 0.6) is 5.75 Å². The van der Waals surface area contributed by atoms with E-state index in [-0.39, 0.29) is 11.9 Å². The van der Waals surface area contributed by atoms with Gasteiger partial charge in [0.25, 0.3) is 5.91 Å². The van der Waals surface area contributed by atoms with Gasteiger partial charge in [-0.1, -0.05) is 26.0 Å². The molecule has 0 spiro atoms. The van der Waals surface area contributed by atoms with Crippen molar-refractivity contribution >= 4 is 17.3 Å². The highest BCUT2D eigenvalue weighted by Gasteiger charge is 2.30. The maximum absolute atomic E-state index is 13.0. The number of para-hydroxylation sites is 2. The van der Waals surface area contributed by atoms with Gasteiger partial charge in [-0.2, -0.15) is 0 Å². The molecule has 2 aromatic rings. The number of nitrogens with zero attached hydrogens (tertiary/aromatic N) is 2. The van der Waals surface area contributed by atoms with Gasteiger partial charge in [0.05, 0.1) is 18.5 Å². The van der Waals surface area contributed by atoms with Gasteiger partial charge in [-0.25, -0.2) is 0 Å². The number of amides is 1. The summed E-state index contributed by atoms with van der Waals surface area (Å²) in [6, 6.07) is 11.5. The van der Waals surface area contributed by atoms with Crippen LogP contribution in [0.2, 0.25) is 0 Å². The van der Waals surface area contributed by atoms with E-state index >= 15 is 0 Å². The molecule has 1 aromatic carbocycles. The Bertz CT molecular complexity index is 715. The van der Waals surface area contributed by atoms with E-state index in [1.807, 2.05) is 24.3 Å². The van der Waals surface area contributed by atoms with E-state index in [0.717, 1.165) is 11.4 Å². The van der Waals surface area contributed by atoms with E-state index in [4.69, 9.17) is 4.74 Å². The van der Waals surface area contributed by atoms with Crippen molar-refractivity contribution in [2.45, 2.75) is 19.9 Å². The molecule has 0 saturated heterocycles. The second kappa shape index (κ2) is 6.28. The Labute approximate surface area is 136 Å². The summed E-state index contributed by atoms with van der Waals surface area (Å²) in [6.45, 7) is 4.92. The molecule has 1 aliphatic rings. The van der Waals surface area contributed by atoms with Gasteiger partial charge in [-0.05, 0) is 24.1 Å². The van der Waals surface area contributed by atoms with Crippen LogP contribution in [0.15, 0.2) is 42.6 Å². The van der Waals surface area contributed by atoms with Crippen LogP contribution in [0.3, 0.4) is 0 Å². The lowest BCUT2D eigenvalue weighted by Gasteiger charge is -2.37. The Morgan fingerprint density at radius 3 is 2.87 bits per heavy atom. The van der Waals surface area contributed by atoms with Gasteiger partial charge in [0, 0.05) is 24.8 Å². The Morgan fingerprint density at radius 1 is 1.35 bits per heavy atom. The molecule has 5 nitrogen and oxygen atoms in total. The number of pyridine rings is 1. The first-order chi connectivity index (χ1) is 11.1. The number of fused-ring (bicyclic) bond motifs is 1. The molecule has 0 fully saturated rings. The number of aromatic nitrogens is 1. The van der Waals surface area contributed by atoms with E-state index in [0.29, 0.717) is 23.9 Å². The molecule has 0 bridgehead atoms. The molecule has 23 heavy (non-hydrogen) atoms. The summed E-state index contributed by atoms with van der Waals surface area (Å²) in [5.74, 6) is 0.938. The third kappa shape index (κ3) is 2.99. The summed E-state index contributed by atoms with van der Waals surface area (Å²) >= 11 is 0. The SMILES string of the molecule is COc1ccnc(C(=O)N2CC(C(C)C)Nc3ccccc32)c1. The summed E-state index contributed by atoms with van der Waals surface area (Å²) in [5.41, 5.74) is 2.26. The van der Waals surface area contributed by atoms with Gasteiger partial charge < -0.3 is 15.0 Å². The van der Waals surface area contributed by atoms with E-state index in [1.54, 1.807) is 30.3 Å². The molecular weight excluding hydrogens is 290 g/mol. The van der Waals surface area contributed by atoms with Crippen LogP contribution in [0, 0.1) is 5.92 Å². The van der Waals surface area contributed by atoms with Gasteiger partial charge in [0.15, 0.2) is 0 Å². The summed E-state index contributed by atoms with van der Waals surface area (Å²) in [5, 5.41) is 3.52. The molecule has 2 heterocycles. The van der Waals surface area contributed by atoms with Crippen LogP contribution in [0.25, 0.3) is 0 Å². The van der Waals surface area contributed by atoms with Crippen LogP contribution in [-0.4, -0.2) is 30.6 Å². The van der Waals surface area contributed by atoms with Crippen molar-refractivity contribution in [1.29, 1.82) is 0 Å². The number of hydrogen-bond acceptors (Lipinski definition) is 4. The molecule has 1 amide bonds. The normalized spacial score (nSPS) is 16.7. The summed E-state index contributed by atoms with van der Waals surface area (Å²) < 4.78 is 5.20. The van der Waals surface area contributed by atoms with Gasteiger partial charge in [0.1, 0.15) is 11.4 Å². The van der Waals surface area contributed by atoms with Crippen molar-refractivity contribution in [2.24, 2.45) is 5.92 Å². The fraction of sp³-hybridized carbons (Fsp3) is 0.333. The first kappa shape index (κ1) is 15.3. The molecule has 1 aliphatic heterocycles. The number of ether oxygens (including phenoxy) is 1. The summed E-state index contributed by atoms with van der Waals surface area (Å²) in [7, 11) is 1.58. The largest absolute Gasteiger partial charge is 0.497 e. The number of anilines is 2. The predicted octanol–water partition coefficient (Wildman–Crippen LogP) is 3.19. The lowest BCUT2D eigenvalue weighted by Crippen LogP contribution is -2.47. The van der Waals surface area contributed by atoms with Gasteiger partial charge in [-0.15, -0.1) is 0 Å². The van der Waals surface area contributed by atoms with Crippen molar-refractivity contribution < 1.29 is 9.53 Å². The molecule has 5 heteroatoms. The molecule has 3 rings (SSSR count). The first-order valence-corrected chi connectivity index (χ1v) is 7.77. The average molecular weight is 311 g/mol. The summed E-state index contributed by atoms with van der Waals surface area (Å²) in [4.78, 5) is 19.0. The van der Waals surface area contributed by atoms with E-state index in [2.05, 4.69) is 24.1 Å².